The highest BCUT2D eigenvalue weighted by atomic mass is 32.1. The van der Waals surface area contributed by atoms with Crippen molar-refractivity contribution >= 4 is 74.9 Å². The van der Waals surface area contributed by atoms with Crippen molar-refractivity contribution in [1.82, 2.24) is 4.98 Å². The summed E-state index contributed by atoms with van der Waals surface area (Å²) in [4.78, 5) is 3.71. The van der Waals surface area contributed by atoms with Crippen LogP contribution >= 0.6 is 11.3 Å². The zero-order chi connectivity index (χ0) is 18.2. The summed E-state index contributed by atoms with van der Waals surface area (Å²) < 4.78 is 2.74. The van der Waals surface area contributed by atoms with Crippen LogP contribution in [0.15, 0.2) is 84.9 Å². The lowest BCUT2D eigenvalue weighted by molar-refractivity contribution is 1.57. The molecule has 0 aliphatic carbocycles. The van der Waals surface area contributed by atoms with Gasteiger partial charge in [0.05, 0.1) is 5.52 Å². The van der Waals surface area contributed by atoms with Crippen molar-refractivity contribution in [3.8, 4) is 0 Å². The van der Waals surface area contributed by atoms with Gasteiger partial charge in [-0.1, -0.05) is 72.8 Å². The predicted molar refractivity (Wildman–Crippen MR) is 124 cm³/mol. The fraction of sp³-hybridized carbons (Fsp3) is 0. The van der Waals surface area contributed by atoms with Crippen LogP contribution in [0, 0.1) is 0 Å². The zero-order valence-corrected chi connectivity index (χ0v) is 15.8. The van der Waals surface area contributed by atoms with Gasteiger partial charge in [-0.2, -0.15) is 0 Å². The van der Waals surface area contributed by atoms with Crippen LogP contribution in [0.2, 0.25) is 0 Å². The number of H-pyrrole nitrogens is 1. The molecule has 0 radical (unpaired) electrons. The molecule has 2 heterocycles. The second-order valence-electron chi connectivity index (χ2n) is 7.46. The Morgan fingerprint density at radius 2 is 1.25 bits per heavy atom. The first kappa shape index (κ1) is 14.7. The summed E-state index contributed by atoms with van der Waals surface area (Å²) in [5, 5.41) is 10.6. The SMILES string of the molecule is c1ccc2c(c1)ccc1c2[nH]c2ccc3sc4c5ccccc5ccc4c3c21. The molecule has 0 saturated carbocycles. The number of benzene rings is 5. The number of hydrogen-bond donors (Lipinski definition) is 1. The Bertz CT molecular complexity index is 1590. The normalized spacial score (nSPS) is 12.3. The molecule has 2 aromatic heterocycles. The monoisotopic (exact) mass is 373 g/mol. The van der Waals surface area contributed by atoms with Gasteiger partial charge >= 0.3 is 0 Å². The molecule has 0 fully saturated rings. The Balaban J connectivity index is 1.76. The van der Waals surface area contributed by atoms with E-state index < -0.39 is 0 Å². The molecule has 0 amide bonds. The van der Waals surface area contributed by atoms with Crippen molar-refractivity contribution in [2.24, 2.45) is 0 Å². The van der Waals surface area contributed by atoms with Gasteiger partial charge in [-0.15, -0.1) is 11.3 Å². The molecule has 0 atom stereocenters. The van der Waals surface area contributed by atoms with Gasteiger partial charge in [0.25, 0.3) is 0 Å². The molecule has 0 aliphatic rings. The summed E-state index contributed by atoms with van der Waals surface area (Å²) in [6.45, 7) is 0. The van der Waals surface area contributed by atoms with Gasteiger partial charge in [-0.05, 0) is 28.3 Å². The molecule has 5 aromatic carbocycles. The van der Waals surface area contributed by atoms with Crippen molar-refractivity contribution in [3.63, 3.8) is 0 Å². The van der Waals surface area contributed by atoms with Gasteiger partial charge in [0, 0.05) is 41.8 Å². The fourth-order valence-corrected chi connectivity index (χ4v) is 5.97. The molecular weight excluding hydrogens is 358 g/mol. The predicted octanol–water partition coefficient (Wildman–Crippen LogP) is 8.00. The largest absolute Gasteiger partial charge is 0.354 e. The quantitative estimate of drug-likeness (QED) is 0.277. The number of fused-ring (bicyclic) bond motifs is 11. The Labute approximate surface area is 164 Å². The highest BCUT2D eigenvalue weighted by Gasteiger charge is 2.15. The topological polar surface area (TPSA) is 15.8 Å². The van der Waals surface area contributed by atoms with E-state index in [4.69, 9.17) is 0 Å². The Kier molecular flexibility index (Phi) is 2.68. The Morgan fingerprint density at radius 3 is 2.11 bits per heavy atom. The van der Waals surface area contributed by atoms with E-state index in [-0.39, 0.29) is 0 Å². The van der Waals surface area contributed by atoms with Crippen LogP contribution in [0.3, 0.4) is 0 Å². The van der Waals surface area contributed by atoms with E-state index in [1.54, 1.807) is 0 Å². The van der Waals surface area contributed by atoms with Crippen LogP contribution in [-0.2, 0) is 0 Å². The minimum atomic E-state index is 1.21. The number of thiophene rings is 1. The number of hydrogen-bond acceptors (Lipinski definition) is 1. The van der Waals surface area contributed by atoms with Crippen molar-refractivity contribution in [2.45, 2.75) is 0 Å². The maximum Gasteiger partial charge on any atom is 0.0544 e. The van der Waals surface area contributed by atoms with Gasteiger partial charge in [0.15, 0.2) is 0 Å². The second kappa shape index (κ2) is 5.12. The second-order valence-corrected chi connectivity index (χ2v) is 8.51. The first-order valence-corrected chi connectivity index (χ1v) is 10.4. The molecule has 0 saturated heterocycles. The van der Waals surface area contributed by atoms with Crippen molar-refractivity contribution in [3.05, 3.63) is 84.9 Å². The van der Waals surface area contributed by atoms with Gasteiger partial charge < -0.3 is 4.98 Å². The highest BCUT2D eigenvalue weighted by Crippen LogP contribution is 2.44. The molecule has 0 aliphatic heterocycles. The molecular formula is C26H15NS. The zero-order valence-electron chi connectivity index (χ0n) is 15.0. The van der Waals surface area contributed by atoms with Crippen LogP contribution in [0.1, 0.15) is 0 Å². The third-order valence-corrected chi connectivity index (χ3v) is 7.19. The summed E-state index contributed by atoms with van der Waals surface area (Å²) in [6.07, 6.45) is 0. The van der Waals surface area contributed by atoms with Crippen LogP contribution in [0.4, 0.5) is 0 Å². The molecule has 0 bridgehead atoms. The van der Waals surface area contributed by atoms with Crippen molar-refractivity contribution in [1.29, 1.82) is 0 Å². The third kappa shape index (κ3) is 1.76. The molecule has 2 heteroatoms. The van der Waals surface area contributed by atoms with Gasteiger partial charge in [-0.25, -0.2) is 0 Å². The molecule has 0 unspecified atom stereocenters. The molecule has 130 valence electrons. The highest BCUT2D eigenvalue weighted by molar-refractivity contribution is 7.27. The number of rotatable bonds is 0. The van der Waals surface area contributed by atoms with E-state index in [0.717, 1.165) is 0 Å². The summed E-state index contributed by atoms with van der Waals surface area (Å²) >= 11 is 1.91. The van der Waals surface area contributed by atoms with E-state index in [0.29, 0.717) is 0 Å². The summed E-state index contributed by atoms with van der Waals surface area (Å²) in [5.74, 6) is 0. The molecule has 28 heavy (non-hydrogen) atoms. The lowest BCUT2D eigenvalue weighted by atomic mass is 10.0. The lowest BCUT2D eigenvalue weighted by Gasteiger charge is -2.01. The minimum Gasteiger partial charge on any atom is -0.354 e. The van der Waals surface area contributed by atoms with Crippen LogP contribution in [0.25, 0.3) is 63.5 Å². The standard InChI is InChI=1S/C26H15NS/c1-3-7-17-15(5-1)9-11-19-23-21(27-25(17)19)13-14-22-24(23)20-12-10-16-6-2-4-8-18(16)26(20)28-22/h1-14,27H. The van der Waals surface area contributed by atoms with E-state index in [2.05, 4.69) is 89.9 Å². The summed E-state index contributed by atoms with van der Waals surface area (Å²) in [5.41, 5.74) is 2.45. The van der Waals surface area contributed by atoms with E-state index in [9.17, 15) is 0 Å². The van der Waals surface area contributed by atoms with Crippen LogP contribution in [-0.4, -0.2) is 4.98 Å². The smallest absolute Gasteiger partial charge is 0.0544 e. The maximum absolute atomic E-state index is 3.71. The third-order valence-electron chi connectivity index (χ3n) is 5.99. The lowest BCUT2D eigenvalue weighted by Crippen LogP contribution is -1.75. The first-order chi connectivity index (χ1) is 13.9. The first-order valence-electron chi connectivity index (χ1n) is 9.54. The van der Waals surface area contributed by atoms with Crippen molar-refractivity contribution < 1.29 is 0 Å². The van der Waals surface area contributed by atoms with E-state index in [1.807, 2.05) is 11.3 Å². The molecule has 1 nitrogen and oxygen atoms in total. The van der Waals surface area contributed by atoms with E-state index >= 15 is 0 Å². The summed E-state index contributed by atoms with van der Waals surface area (Å²) in [6, 6.07) is 30.9. The molecule has 1 N–H and O–H groups in total. The van der Waals surface area contributed by atoms with Gasteiger partial charge in [0.2, 0.25) is 0 Å². The van der Waals surface area contributed by atoms with Gasteiger partial charge in [0.1, 0.15) is 0 Å². The average molecular weight is 373 g/mol. The molecule has 7 aromatic rings. The number of aromatic amines is 1. The van der Waals surface area contributed by atoms with Crippen molar-refractivity contribution in [2.75, 3.05) is 0 Å². The fourth-order valence-electron chi connectivity index (χ4n) is 4.73. The van der Waals surface area contributed by atoms with Crippen LogP contribution < -0.4 is 0 Å². The Hall–Kier alpha value is -3.36. The number of aromatic nitrogens is 1. The molecule has 7 rings (SSSR count). The Morgan fingerprint density at radius 1 is 0.536 bits per heavy atom. The molecule has 0 spiro atoms. The maximum atomic E-state index is 3.71. The number of nitrogens with one attached hydrogen (secondary N) is 1. The van der Waals surface area contributed by atoms with Gasteiger partial charge in [-0.3, -0.25) is 0 Å². The minimum absolute atomic E-state index is 1.21. The summed E-state index contributed by atoms with van der Waals surface area (Å²) in [7, 11) is 0. The van der Waals surface area contributed by atoms with Crippen LogP contribution in [0.5, 0.6) is 0 Å². The van der Waals surface area contributed by atoms with E-state index in [1.165, 1.54) is 63.5 Å². The average Bonchev–Trinajstić information content (AvgIpc) is 3.32.